The molecule has 1 rings (SSSR count). The predicted molar refractivity (Wildman–Crippen MR) is 353 cm³/mol. The van der Waals surface area contributed by atoms with E-state index in [-0.39, 0.29) is 128 Å². The zero-order valence-electron chi connectivity index (χ0n) is 55.4. The van der Waals surface area contributed by atoms with E-state index in [0.717, 1.165) is 0 Å². The zero-order valence-corrected chi connectivity index (χ0v) is 55.4. The molecule has 0 saturated heterocycles. The number of aliphatic hydroxyl groups is 1. The number of primary amides is 3. The second kappa shape index (κ2) is 47.4. The molecule has 35 N–H and O–H groups in total. The van der Waals surface area contributed by atoms with Crippen LogP contribution in [0.3, 0.4) is 0 Å². The van der Waals surface area contributed by atoms with Gasteiger partial charge in [0.25, 0.3) is 0 Å². The lowest BCUT2D eigenvalue weighted by Gasteiger charge is -2.27. The summed E-state index contributed by atoms with van der Waals surface area (Å²) in [6, 6.07) is -17.6. The molecule has 1 aromatic rings. The van der Waals surface area contributed by atoms with Gasteiger partial charge >= 0.3 is 12.0 Å². The zero-order chi connectivity index (χ0) is 74.7. The first-order valence-electron chi connectivity index (χ1n) is 31.7. The van der Waals surface area contributed by atoms with Gasteiger partial charge in [0, 0.05) is 44.4 Å². The highest BCUT2D eigenvalue weighted by Gasteiger charge is 2.36. The topological polar surface area (TPSA) is 754 Å². The van der Waals surface area contributed by atoms with Crippen molar-refractivity contribution in [2.24, 2.45) is 67.3 Å². The van der Waals surface area contributed by atoms with Gasteiger partial charge in [0.1, 0.15) is 60.4 Å². The Bertz CT molecular complexity index is 2910. The highest BCUT2D eigenvalue weighted by Crippen LogP contribution is 2.11. The third-order valence-electron chi connectivity index (χ3n) is 14.3. The quantitative estimate of drug-likeness (QED) is 0.0164. The van der Waals surface area contributed by atoms with Gasteiger partial charge in [0.05, 0.1) is 31.9 Å². The first-order valence-corrected chi connectivity index (χ1v) is 31.7. The molecule has 11 atom stereocenters. The Hall–Kier alpha value is -10.6. The van der Waals surface area contributed by atoms with Gasteiger partial charge in [-0.1, -0.05) is 0 Å². The van der Waals surface area contributed by atoms with Gasteiger partial charge in [-0.15, -0.1) is 0 Å². The molecule has 1 aromatic heterocycles. The van der Waals surface area contributed by atoms with Crippen molar-refractivity contribution in [2.75, 3.05) is 45.9 Å². The highest BCUT2D eigenvalue weighted by molar-refractivity contribution is 6.00. The number of aliphatic imine (C=N–C) groups is 2. The van der Waals surface area contributed by atoms with Crippen LogP contribution in [0.4, 0.5) is 4.79 Å². The standard InChI is InChI=1S/C56H100N26O17/c1-28(43(87)74-29(2)53(97)98)73-46(90)35(13-7-19-68-54(62)63)80-52(96)39(26-83)82-47(91)33(10-3-5-17-57)75-42(86)25-71-45(89)32(12-9-21-70-56(66)99)77-51(95)38(23-41(61)85)81-49(93)36(14-8-20-69-55(64)65)79-48(92)34(11-4-6-18-58)78-50(94)37(15-16-40(60)84)76-44(88)31(59)22-30-24-67-27-72-30/h24,27-29,31-39,83H,3-23,25-26,57-59H2,1-2H3,(H2,60,84)(H2,61,85)(H,67,72)(H,71,89)(H,73,90)(H,74,87)(H,75,86)(H,76,88)(H,77,95)(H,78,94)(H,79,92)(H,80,96)(H,81,93)(H,82,91)(H,97,98)(H4,62,63,68)(H4,64,65,69)(H3,66,70,99)/t28-,29-,31-,32-,33-,34-,35-,36-,37-,38-,39-/m0/s1. The fourth-order valence-electron chi connectivity index (χ4n) is 8.97. The third-order valence-corrected chi connectivity index (χ3v) is 14.3. The maximum absolute atomic E-state index is 14.3. The number of aromatic nitrogens is 2. The summed E-state index contributed by atoms with van der Waals surface area (Å²) in [6.45, 7) is 0.482. The molecule has 43 nitrogen and oxygen atoms in total. The lowest BCUT2D eigenvalue weighted by atomic mass is 10.0. The van der Waals surface area contributed by atoms with Crippen LogP contribution >= 0.6 is 0 Å². The molecule has 0 spiro atoms. The van der Waals surface area contributed by atoms with Crippen LogP contribution < -0.4 is 121 Å². The molecule has 0 unspecified atom stereocenters. The summed E-state index contributed by atoms with van der Waals surface area (Å²) < 4.78 is 0. The molecule has 556 valence electrons. The Morgan fingerprint density at radius 3 is 1.33 bits per heavy atom. The van der Waals surface area contributed by atoms with Crippen LogP contribution in [0.1, 0.15) is 116 Å². The number of carboxylic acids is 1. The first-order chi connectivity index (χ1) is 46.7. The van der Waals surface area contributed by atoms with Crippen LogP contribution in [-0.2, 0) is 73.5 Å². The number of nitrogens with two attached hydrogens (primary N) is 10. The van der Waals surface area contributed by atoms with Crippen molar-refractivity contribution in [1.82, 2.24) is 73.8 Å². The number of aromatic amines is 1. The van der Waals surface area contributed by atoms with Gasteiger partial charge in [-0.05, 0) is 110 Å². The fourth-order valence-corrected chi connectivity index (χ4v) is 8.97. The molecule has 43 heteroatoms. The van der Waals surface area contributed by atoms with Crippen LogP contribution in [0.25, 0.3) is 0 Å². The number of carbonyl (C=O) groups excluding carboxylic acids is 14. The van der Waals surface area contributed by atoms with Gasteiger partial charge < -0.3 is 136 Å². The van der Waals surface area contributed by atoms with Crippen molar-refractivity contribution in [3.05, 3.63) is 18.2 Å². The number of unbranched alkanes of at least 4 members (excludes halogenated alkanes) is 2. The van der Waals surface area contributed by atoms with Crippen LogP contribution in [0.15, 0.2) is 22.5 Å². The minimum absolute atomic E-state index is 0.0151. The van der Waals surface area contributed by atoms with Crippen molar-refractivity contribution in [2.45, 2.75) is 183 Å². The first kappa shape index (κ1) is 86.5. The number of aliphatic carboxylic acids is 1. The average Bonchev–Trinajstić information content (AvgIpc) is 1.42. The summed E-state index contributed by atoms with van der Waals surface area (Å²) in [6.07, 6.45) is 1.23. The number of nitrogens with one attached hydrogen (secondary N) is 13. The van der Waals surface area contributed by atoms with Gasteiger partial charge in [0.15, 0.2) is 11.9 Å². The van der Waals surface area contributed by atoms with Gasteiger partial charge in [-0.3, -0.25) is 77.1 Å². The minimum Gasteiger partial charge on any atom is -0.480 e. The van der Waals surface area contributed by atoms with E-state index in [0.29, 0.717) is 18.5 Å². The van der Waals surface area contributed by atoms with E-state index in [1.807, 2.05) is 0 Å². The Morgan fingerprint density at radius 2 is 0.889 bits per heavy atom. The smallest absolute Gasteiger partial charge is 0.325 e. The number of rotatable bonds is 51. The summed E-state index contributed by atoms with van der Waals surface area (Å²) in [7, 11) is 0. The van der Waals surface area contributed by atoms with Gasteiger partial charge in [-0.2, -0.15) is 0 Å². The van der Waals surface area contributed by atoms with E-state index in [9.17, 15) is 82.1 Å². The molecular weight excluding hydrogens is 1310 g/mol. The second-order valence-electron chi connectivity index (χ2n) is 22.7. The summed E-state index contributed by atoms with van der Waals surface area (Å²) >= 11 is 0. The van der Waals surface area contributed by atoms with Crippen molar-refractivity contribution < 1.29 is 82.1 Å². The van der Waals surface area contributed by atoms with E-state index < -0.39 is 175 Å². The van der Waals surface area contributed by atoms with E-state index in [1.165, 1.54) is 26.4 Å². The van der Waals surface area contributed by atoms with Gasteiger partial charge in [-0.25, -0.2) is 9.78 Å². The second-order valence-corrected chi connectivity index (χ2v) is 22.7. The molecule has 0 aliphatic rings. The van der Waals surface area contributed by atoms with Crippen molar-refractivity contribution in [1.29, 1.82) is 0 Å². The molecule has 0 aliphatic heterocycles. The Morgan fingerprint density at radius 1 is 0.475 bits per heavy atom. The van der Waals surface area contributed by atoms with Gasteiger partial charge in [0.2, 0.25) is 76.8 Å². The van der Waals surface area contributed by atoms with Crippen molar-refractivity contribution in [3.63, 3.8) is 0 Å². The van der Waals surface area contributed by atoms with Crippen LogP contribution in [0, 0.1) is 0 Å². The summed E-state index contributed by atoms with van der Waals surface area (Å²) in [5.74, 6) is -15.1. The number of carbonyl (C=O) groups is 15. The molecule has 0 aromatic carbocycles. The Labute approximate surface area is 569 Å². The number of imidazole rings is 1. The number of nitrogens with zero attached hydrogens (tertiary/aromatic N) is 3. The molecule has 1 heterocycles. The lowest BCUT2D eigenvalue weighted by molar-refractivity contribution is -0.141. The maximum Gasteiger partial charge on any atom is 0.325 e. The monoisotopic (exact) mass is 1410 g/mol. The third kappa shape index (κ3) is 36.9. The highest BCUT2D eigenvalue weighted by atomic mass is 16.4. The number of hydrogen-bond donors (Lipinski definition) is 25. The van der Waals surface area contributed by atoms with Crippen LogP contribution in [0.2, 0.25) is 0 Å². The van der Waals surface area contributed by atoms with Crippen LogP contribution in [0.5, 0.6) is 0 Å². The summed E-state index contributed by atoms with van der Waals surface area (Å²) in [5, 5.41) is 48.0. The number of hydrogen-bond acceptors (Lipinski definition) is 22. The molecule has 0 bridgehead atoms. The largest absolute Gasteiger partial charge is 0.480 e. The van der Waals surface area contributed by atoms with E-state index >= 15 is 0 Å². The number of H-pyrrole nitrogens is 1. The number of amides is 15. The maximum atomic E-state index is 14.3. The summed E-state index contributed by atoms with van der Waals surface area (Å²) in [5.41, 5.74) is 55.9. The Kier molecular flexibility index (Phi) is 41.4. The van der Waals surface area contributed by atoms with E-state index in [2.05, 4.69) is 83.8 Å². The molecular formula is C56H100N26O17. The number of carboxylic acid groups (broad SMARTS) is 1. The molecule has 0 aliphatic carbocycles. The SMILES string of the molecule is C[C@H](NC(=O)[C@H](C)NC(=O)[C@H](CCCN=C(N)N)NC(=O)[C@H](CO)NC(=O)[C@H](CCCCN)NC(=O)CNC(=O)[C@H](CCCNC(N)=O)NC(=O)[C@H](CC(N)=O)NC(=O)[C@H](CCCN=C(N)N)NC(=O)[C@H](CCCCN)NC(=O)[C@H](CCC(N)=O)NC(=O)[C@@H](N)Cc1cnc[nH]1)C(=O)O. The Balaban J connectivity index is 3.54. The number of urea groups is 1. The minimum atomic E-state index is -1.90. The van der Waals surface area contributed by atoms with E-state index in [4.69, 9.17) is 57.3 Å². The van der Waals surface area contributed by atoms with E-state index in [1.54, 1.807) is 0 Å². The molecule has 0 saturated carbocycles. The number of aliphatic hydroxyl groups excluding tert-OH is 1. The molecule has 15 amide bonds. The predicted octanol–water partition coefficient (Wildman–Crippen LogP) is -11.7. The normalized spacial score (nSPS) is 14.2. The summed E-state index contributed by atoms with van der Waals surface area (Å²) in [4.78, 5) is 213. The van der Waals surface area contributed by atoms with Crippen molar-refractivity contribution in [3.8, 4) is 0 Å². The lowest BCUT2D eigenvalue weighted by Crippen LogP contribution is -2.60. The van der Waals surface area contributed by atoms with Crippen LogP contribution in [-0.4, -0.2) is 233 Å². The van der Waals surface area contributed by atoms with Crippen molar-refractivity contribution >= 4 is 101 Å². The average molecular weight is 1410 g/mol. The molecule has 0 radical (unpaired) electrons. The number of guanidine groups is 2. The fraction of sp³-hybridized carbons (Fsp3) is 0.643. The molecule has 99 heavy (non-hydrogen) atoms. The molecule has 0 fully saturated rings.